The number of phosphoric acid groups is 1. The molecule has 0 amide bonds. The summed E-state index contributed by atoms with van der Waals surface area (Å²) in [6.07, 6.45) is -2.56. The van der Waals surface area contributed by atoms with Crippen LogP contribution in [0.1, 0.15) is 93.6 Å². The molecule has 42 heavy (non-hydrogen) atoms. The molecule has 1 saturated heterocycles. The summed E-state index contributed by atoms with van der Waals surface area (Å²) in [5, 5.41) is 0. The van der Waals surface area contributed by atoms with Gasteiger partial charge >= 0.3 is 19.8 Å². The van der Waals surface area contributed by atoms with Gasteiger partial charge in [-0.1, -0.05) is 57.0 Å². The molecule has 0 bridgehead atoms. The Bertz CT molecular complexity index is 1000. The van der Waals surface area contributed by atoms with Crippen LogP contribution in [0.25, 0.3) is 0 Å². The Morgan fingerprint density at radius 1 is 0.810 bits per heavy atom. The third kappa shape index (κ3) is 11.4. The van der Waals surface area contributed by atoms with Crippen LogP contribution in [0.4, 0.5) is 0 Å². The number of hydrogen-bond donors (Lipinski definition) is 0. The van der Waals surface area contributed by atoms with Gasteiger partial charge in [0.05, 0.1) is 36.8 Å². The zero-order valence-electron chi connectivity index (χ0n) is 26.8. The molecule has 1 heterocycles. The van der Waals surface area contributed by atoms with Gasteiger partial charge in [0.15, 0.2) is 18.5 Å². The number of esters is 2. The maximum atomic E-state index is 13.8. The zero-order chi connectivity index (χ0) is 31.6. The van der Waals surface area contributed by atoms with Gasteiger partial charge in [-0.2, -0.15) is 0 Å². The van der Waals surface area contributed by atoms with Gasteiger partial charge in [-0.25, -0.2) is 4.57 Å². The molecule has 10 nitrogen and oxygen atoms in total. The molecule has 1 aromatic rings. The molecule has 0 aliphatic carbocycles. The lowest BCUT2D eigenvalue weighted by Gasteiger charge is -2.45. The predicted octanol–water partition coefficient (Wildman–Crippen LogP) is 6.99. The first kappa shape index (κ1) is 36.4. The highest BCUT2D eigenvalue weighted by Crippen LogP contribution is 2.52. The van der Waals surface area contributed by atoms with Crippen LogP contribution in [0.15, 0.2) is 30.3 Å². The van der Waals surface area contributed by atoms with Gasteiger partial charge in [0.2, 0.25) is 0 Å². The van der Waals surface area contributed by atoms with Crippen molar-refractivity contribution < 1.29 is 46.7 Å². The van der Waals surface area contributed by atoms with E-state index in [1.54, 1.807) is 48.5 Å². The normalized spacial score (nSPS) is 23.4. The summed E-state index contributed by atoms with van der Waals surface area (Å²) >= 11 is 0. The average molecular weight is 615 g/mol. The lowest BCUT2D eigenvalue weighted by atomic mass is 9.94. The molecule has 1 fully saturated rings. The average Bonchev–Trinajstić information content (AvgIpc) is 2.90. The number of benzene rings is 1. The van der Waals surface area contributed by atoms with Crippen LogP contribution in [-0.4, -0.2) is 55.9 Å². The fourth-order valence-corrected chi connectivity index (χ4v) is 5.09. The molecular formula is C31H51O10P. The van der Waals surface area contributed by atoms with E-state index >= 15 is 0 Å². The third-order valence-electron chi connectivity index (χ3n) is 6.45. The zero-order valence-corrected chi connectivity index (χ0v) is 27.6. The van der Waals surface area contributed by atoms with E-state index < -0.39 is 61.3 Å². The summed E-state index contributed by atoms with van der Waals surface area (Å²) in [6.45, 7) is 16.4. The van der Waals surface area contributed by atoms with E-state index in [1.807, 2.05) is 44.2 Å². The minimum Gasteiger partial charge on any atom is -0.455 e. The molecular weight excluding hydrogens is 563 g/mol. The monoisotopic (exact) mass is 614 g/mol. The van der Waals surface area contributed by atoms with Crippen molar-refractivity contribution in [1.29, 1.82) is 0 Å². The van der Waals surface area contributed by atoms with Gasteiger partial charge in [0.25, 0.3) is 0 Å². The van der Waals surface area contributed by atoms with Gasteiger partial charge < -0.3 is 18.9 Å². The van der Waals surface area contributed by atoms with Crippen molar-refractivity contribution in [2.75, 3.05) is 13.2 Å². The lowest BCUT2D eigenvalue weighted by Crippen LogP contribution is -2.61. The van der Waals surface area contributed by atoms with Crippen molar-refractivity contribution in [3.8, 4) is 0 Å². The number of phosphoric ester groups is 1. The van der Waals surface area contributed by atoms with Crippen LogP contribution in [-0.2, 0) is 53.3 Å². The third-order valence-corrected chi connectivity index (χ3v) is 7.91. The molecule has 5 unspecified atom stereocenters. The van der Waals surface area contributed by atoms with E-state index in [0.717, 1.165) is 18.4 Å². The predicted molar refractivity (Wildman–Crippen MR) is 158 cm³/mol. The van der Waals surface area contributed by atoms with Gasteiger partial charge in [-0.3, -0.25) is 23.2 Å². The van der Waals surface area contributed by atoms with E-state index in [2.05, 4.69) is 0 Å². The van der Waals surface area contributed by atoms with Gasteiger partial charge in [-0.05, 0) is 66.9 Å². The van der Waals surface area contributed by atoms with E-state index in [1.165, 1.54) is 0 Å². The highest BCUT2D eigenvalue weighted by molar-refractivity contribution is 7.48. The van der Waals surface area contributed by atoms with Crippen molar-refractivity contribution in [3.05, 3.63) is 35.9 Å². The van der Waals surface area contributed by atoms with Crippen molar-refractivity contribution in [3.63, 3.8) is 0 Å². The first-order valence-corrected chi connectivity index (χ1v) is 16.4. The Hall–Kier alpha value is -1.81. The van der Waals surface area contributed by atoms with Crippen LogP contribution >= 0.6 is 7.82 Å². The highest BCUT2D eigenvalue weighted by Gasteiger charge is 2.53. The maximum Gasteiger partial charge on any atom is 0.477 e. The first-order chi connectivity index (χ1) is 19.6. The Morgan fingerprint density at radius 2 is 1.31 bits per heavy atom. The first-order valence-electron chi connectivity index (χ1n) is 14.9. The number of unbranched alkanes of at least 4 members (excludes halogenated alkanes) is 2. The summed E-state index contributed by atoms with van der Waals surface area (Å²) in [5.41, 5.74) is -0.870. The Labute approximate surface area is 251 Å². The van der Waals surface area contributed by atoms with Crippen molar-refractivity contribution >= 4 is 19.8 Å². The molecule has 0 aromatic heterocycles. The molecule has 1 aliphatic heterocycles. The molecule has 0 N–H and O–H groups in total. The SMILES string of the molecule is CCCCOP(=O)(OCCCC)OC1OC(C)C(OC(=O)C(C)(C)C)C(OC(=O)C(C)(C)C)C1OCc1ccccc1. The summed E-state index contributed by atoms with van der Waals surface area (Å²) in [4.78, 5) is 26.2. The fourth-order valence-electron chi connectivity index (χ4n) is 3.76. The van der Waals surface area contributed by atoms with Crippen molar-refractivity contribution in [2.45, 2.75) is 125 Å². The number of ether oxygens (including phenoxy) is 4. The van der Waals surface area contributed by atoms with Crippen LogP contribution in [0.3, 0.4) is 0 Å². The molecule has 0 spiro atoms. The molecule has 240 valence electrons. The Morgan fingerprint density at radius 3 is 1.79 bits per heavy atom. The van der Waals surface area contributed by atoms with Gasteiger partial charge in [0, 0.05) is 0 Å². The van der Waals surface area contributed by atoms with E-state index in [9.17, 15) is 14.2 Å². The van der Waals surface area contributed by atoms with Crippen LogP contribution < -0.4 is 0 Å². The summed E-state index contributed by atoms with van der Waals surface area (Å²) < 4.78 is 55.5. The van der Waals surface area contributed by atoms with Crippen molar-refractivity contribution in [1.82, 2.24) is 0 Å². The van der Waals surface area contributed by atoms with Gasteiger partial charge in [0.1, 0.15) is 6.10 Å². The Kier molecular flexibility index (Phi) is 14.1. The molecule has 1 aromatic carbocycles. The van der Waals surface area contributed by atoms with Crippen LogP contribution in [0.5, 0.6) is 0 Å². The topological polar surface area (TPSA) is 116 Å². The fraction of sp³-hybridized carbons (Fsp3) is 0.742. The summed E-state index contributed by atoms with van der Waals surface area (Å²) in [5.74, 6) is -1.04. The van der Waals surface area contributed by atoms with E-state index in [-0.39, 0.29) is 19.8 Å². The lowest BCUT2D eigenvalue weighted by molar-refractivity contribution is -0.294. The number of carbonyl (C=O) groups is 2. The quantitative estimate of drug-likeness (QED) is 0.116. The smallest absolute Gasteiger partial charge is 0.455 e. The minimum atomic E-state index is -4.13. The second kappa shape index (κ2) is 16.3. The standard InChI is InChI=1S/C31H51O10P/c1-10-12-19-36-42(34,37-20-13-11-2)41-27-26(35-21-23-17-15-14-16-18-23)25(40-29(33)31(7,8)9)24(22(3)38-27)39-28(32)30(4,5)6/h14-18,22,24-27H,10-13,19-21H2,1-9H3. The molecule has 0 radical (unpaired) electrons. The summed E-state index contributed by atoms with van der Waals surface area (Å²) in [7, 11) is -4.13. The van der Waals surface area contributed by atoms with E-state index in [4.69, 9.17) is 32.5 Å². The largest absolute Gasteiger partial charge is 0.477 e. The van der Waals surface area contributed by atoms with E-state index in [0.29, 0.717) is 12.8 Å². The van der Waals surface area contributed by atoms with Crippen molar-refractivity contribution in [2.24, 2.45) is 10.8 Å². The number of carbonyl (C=O) groups excluding carboxylic acids is 2. The van der Waals surface area contributed by atoms with Crippen LogP contribution in [0.2, 0.25) is 0 Å². The molecule has 11 heteroatoms. The minimum absolute atomic E-state index is 0.0876. The molecule has 2 rings (SSSR count). The van der Waals surface area contributed by atoms with Crippen LogP contribution in [0, 0.1) is 10.8 Å². The second-order valence-corrected chi connectivity index (χ2v) is 14.3. The highest BCUT2D eigenvalue weighted by atomic mass is 31.2. The molecule has 5 atom stereocenters. The maximum absolute atomic E-state index is 13.8. The number of rotatable bonds is 15. The summed E-state index contributed by atoms with van der Waals surface area (Å²) in [6, 6.07) is 9.38. The van der Waals surface area contributed by atoms with Gasteiger partial charge in [-0.15, -0.1) is 0 Å². The second-order valence-electron chi connectivity index (χ2n) is 12.6. The molecule has 1 aliphatic rings. The number of hydrogen-bond acceptors (Lipinski definition) is 10. The Balaban J connectivity index is 2.52. The molecule has 0 saturated carbocycles.